The predicted molar refractivity (Wildman–Crippen MR) is 267 cm³/mol. The van der Waals surface area contributed by atoms with Crippen LogP contribution in [0.3, 0.4) is 0 Å². The minimum absolute atomic E-state index is 0.109. The normalized spacial score (nSPS) is 22.6. The molecule has 8 aromatic rings. The minimum atomic E-state index is -2.59. The third-order valence-electron chi connectivity index (χ3n) is 16.3. The zero-order valence-electron chi connectivity index (χ0n) is 36.5. The Morgan fingerprint density at radius 2 is 0.762 bits per heavy atom. The molecule has 4 bridgehead atoms. The quantitative estimate of drug-likeness (QED) is 0.109. The first-order valence-corrected chi connectivity index (χ1v) is 25.4. The van der Waals surface area contributed by atoms with Crippen LogP contribution in [0.15, 0.2) is 212 Å². The molecule has 1 nitrogen and oxygen atoms in total. The second-order valence-electron chi connectivity index (χ2n) is 19.7. The summed E-state index contributed by atoms with van der Waals surface area (Å²) in [6.45, 7) is 4.97. The molecule has 0 amide bonds. The van der Waals surface area contributed by atoms with E-state index in [2.05, 4.69) is 231 Å². The van der Waals surface area contributed by atoms with Crippen molar-refractivity contribution in [1.29, 1.82) is 0 Å². The maximum Gasteiger partial charge on any atom is 0.179 e. The van der Waals surface area contributed by atoms with Crippen LogP contribution < -0.4 is 25.6 Å². The molecule has 0 N–H and O–H groups in total. The van der Waals surface area contributed by atoms with E-state index in [0.29, 0.717) is 0 Å². The number of nitrogens with zero attached hydrogens (tertiary/aromatic N) is 1. The lowest BCUT2D eigenvalue weighted by atomic mass is 9.39. The SMILES string of the molecule is CC1(C)c2ccccc2C2(c3ccc(N(c4ccccc4)c4ccc(-c5ccc([Si](c6ccccc6)(c6ccccc6)c6ccccc6)cc5)cc4)cc31)C1CC3CC(C1)CC2C3. The molecule has 0 heterocycles. The number of anilines is 3. The smallest absolute Gasteiger partial charge is 0.179 e. The average molecular weight is 830 g/mol. The molecule has 1 spiro atoms. The molecule has 308 valence electrons. The summed E-state index contributed by atoms with van der Waals surface area (Å²) < 4.78 is 0. The summed E-state index contributed by atoms with van der Waals surface area (Å²) in [7, 11) is -2.59. The molecule has 4 saturated carbocycles. The van der Waals surface area contributed by atoms with Crippen LogP contribution in [0.5, 0.6) is 0 Å². The molecule has 0 unspecified atom stereocenters. The van der Waals surface area contributed by atoms with Crippen molar-refractivity contribution in [3.8, 4) is 11.1 Å². The Labute approximate surface area is 375 Å². The Morgan fingerprint density at radius 1 is 0.365 bits per heavy atom. The fourth-order valence-corrected chi connectivity index (χ4v) is 18.6. The van der Waals surface area contributed by atoms with Crippen LogP contribution in [-0.2, 0) is 10.8 Å². The van der Waals surface area contributed by atoms with Gasteiger partial charge in [-0.2, -0.15) is 0 Å². The van der Waals surface area contributed by atoms with Gasteiger partial charge in [-0.3, -0.25) is 0 Å². The van der Waals surface area contributed by atoms with Crippen molar-refractivity contribution in [3.05, 3.63) is 235 Å². The molecule has 2 heteroatoms. The lowest BCUT2D eigenvalue weighted by molar-refractivity contribution is -0.0443. The predicted octanol–water partition coefficient (Wildman–Crippen LogP) is 12.6. The first-order valence-electron chi connectivity index (χ1n) is 23.4. The number of rotatable bonds is 8. The van der Waals surface area contributed by atoms with E-state index >= 15 is 0 Å². The molecule has 0 atom stereocenters. The highest BCUT2D eigenvalue weighted by Crippen LogP contribution is 2.68. The fraction of sp³-hybridized carbons (Fsp3) is 0.213. The van der Waals surface area contributed by atoms with E-state index in [0.717, 1.165) is 23.7 Å². The highest BCUT2D eigenvalue weighted by atomic mass is 28.3. The van der Waals surface area contributed by atoms with Gasteiger partial charge in [-0.1, -0.05) is 190 Å². The van der Waals surface area contributed by atoms with Gasteiger partial charge >= 0.3 is 0 Å². The standard InChI is InChI=1S/C61H55NSi/c1-60(2)56-25-15-16-26-57(56)61(47-38-43-37-44(40-47)41-48(61)39-43)58-36-33-51(42-59(58)60)62(49-17-7-3-8-18-49)50-31-27-45(28-32-50)46-29-34-55(35-30-46)63(52-19-9-4-10-20-52,53-21-11-5-12-22-53)54-23-13-6-14-24-54/h3-36,42-44,47-48H,37-41H2,1-2H3. The van der Waals surface area contributed by atoms with Gasteiger partial charge in [0.05, 0.1) is 0 Å². The summed E-state index contributed by atoms with van der Waals surface area (Å²) in [4.78, 5) is 2.48. The molecular weight excluding hydrogens is 775 g/mol. The van der Waals surface area contributed by atoms with Gasteiger partial charge in [-0.15, -0.1) is 0 Å². The molecule has 63 heavy (non-hydrogen) atoms. The second kappa shape index (κ2) is 15.0. The molecular formula is C61H55NSi. The van der Waals surface area contributed by atoms with Crippen molar-refractivity contribution in [2.24, 2.45) is 23.7 Å². The van der Waals surface area contributed by atoms with Gasteiger partial charge in [0, 0.05) is 27.9 Å². The molecule has 8 aromatic carbocycles. The van der Waals surface area contributed by atoms with Crippen LogP contribution >= 0.6 is 0 Å². The minimum Gasteiger partial charge on any atom is -0.310 e. The molecule has 5 aliphatic rings. The zero-order chi connectivity index (χ0) is 42.2. The largest absolute Gasteiger partial charge is 0.310 e. The lowest BCUT2D eigenvalue weighted by Crippen LogP contribution is -2.74. The van der Waals surface area contributed by atoms with Crippen LogP contribution in [-0.4, -0.2) is 8.07 Å². The highest BCUT2D eigenvalue weighted by molar-refractivity contribution is 7.19. The van der Waals surface area contributed by atoms with Gasteiger partial charge < -0.3 is 4.90 Å². The molecule has 0 saturated heterocycles. The van der Waals surface area contributed by atoms with Crippen LogP contribution in [0.4, 0.5) is 17.1 Å². The van der Waals surface area contributed by atoms with Crippen molar-refractivity contribution < 1.29 is 0 Å². The number of benzene rings is 8. The summed E-state index contributed by atoms with van der Waals surface area (Å²) in [5.41, 5.74) is 12.4. The molecule has 5 aliphatic carbocycles. The van der Waals surface area contributed by atoms with Gasteiger partial charge in [0.2, 0.25) is 0 Å². The Kier molecular flexibility index (Phi) is 9.13. The number of hydrogen-bond donors (Lipinski definition) is 0. The topological polar surface area (TPSA) is 3.24 Å². The third-order valence-corrected chi connectivity index (χ3v) is 21.1. The number of para-hydroxylation sites is 1. The maximum atomic E-state index is 2.58. The van der Waals surface area contributed by atoms with Crippen molar-refractivity contribution in [1.82, 2.24) is 0 Å². The average Bonchev–Trinajstić information content (AvgIpc) is 3.34. The second-order valence-corrected chi connectivity index (χ2v) is 23.5. The van der Waals surface area contributed by atoms with E-state index in [1.165, 1.54) is 86.6 Å². The van der Waals surface area contributed by atoms with E-state index in [1.54, 1.807) is 16.7 Å². The van der Waals surface area contributed by atoms with E-state index in [-0.39, 0.29) is 10.8 Å². The third kappa shape index (κ3) is 5.87. The van der Waals surface area contributed by atoms with Gasteiger partial charge in [-0.05, 0) is 146 Å². The Morgan fingerprint density at radius 3 is 1.29 bits per heavy atom. The van der Waals surface area contributed by atoms with Crippen LogP contribution in [0.2, 0.25) is 0 Å². The number of hydrogen-bond acceptors (Lipinski definition) is 1. The van der Waals surface area contributed by atoms with Gasteiger partial charge in [0.15, 0.2) is 8.07 Å². The summed E-state index contributed by atoms with van der Waals surface area (Å²) >= 11 is 0. The van der Waals surface area contributed by atoms with Crippen LogP contribution in [0, 0.1) is 23.7 Å². The maximum absolute atomic E-state index is 2.59. The Balaban J connectivity index is 0.939. The summed E-state index contributed by atoms with van der Waals surface area (Å²) in [5, 5.41) is 5.56. The van der Waals surface area contributed by atoms with Crippen LogP contribution in [0.25, 0.3) is 11.1 Å². The van der Waals surface area contributed by atoms with E-state index in [9.17, 15) is 0 Å². The molecule has 0 radical (unpaired) electrons. The Bertz CT molecular complexity index is 2780. The van der Waals surface area contributed by atoms with Gasteiger partial charge in [0.1, 0.15) is 0 Å². The van der Waals surface area contributed by atoms with Crippen molar-refractivity contribution in [2.75, 3.05) is 4.90 Å². The molecule has 13 rings (SSSR count). The zero-order valence-corrected chi connectivity index (χ0v) is 37.5. The van der Waals surface area contributed by atoms with Crippen molar-refractivity contribution >= 4 is 45.9 Å². The van der Waals surface area contributed by atoms with E-state index < -0.39 is 8.07 Å². The fourth-order valence-electron chi connectivity index (χ4n) is 13.8. The van der Waals surface area contributed by atoms with E-state index in [1.807, 2.05) is 0 Å². The molecule has 0 aliphatic heterocycles. The molecule has 0 aromatic heterocycles. The first-order chi connectivity index (χ1) is 31.0. The number of fused-ring (bicyclic) bond motifs is 2. The van der Waals surface area contributed by atoms with E-state index in [4.69, 9.17) is 0 Å². The van der Waals surface area contributed by atoms with Crippen molar-refractivity contribution in [3.63, 3.8) is 0 Å². The lowest BCUT2D eigenvalue weighted by Gasteiger charge is -2.64. The first kappa shape index (κ1) is 38.5. The summed E-state index contributed by atoms with van der Waals surface area (Å²) in [6, 6.07) is 80.6. The van der Waals surface area contributed by atoms with Gasteiger partial charge in [0.25, 0.3) is 0 Å². The molecule has 4 fully saturated rings. The Hall–Kier alpha value is -6.22. The highest BCUT2D eigenvalue weighted by Gasteiger charge is 2.62. The van der Waals surface area contributed by atoms with Crippen LogP contribution in [0.1, 0.15) is 68.2 Å². The van der Waals surface area contributed by atoms with Crippen molar-refractivity contribution in [2.45, 2.75) is 56.8 Å². The van der Waals surface area contributed by atoms with Gasteiger partial charge in [-0.25, -0.2) is 0 Å². The summed E-state index contributed by atoms with van der Waals surface area (Å²) in [5.74, 6) is 3.31. The summed E-state index contributed by atoms with van der Waals surface area (Å²) in [6.07, 6.45) is 7.04. The monoisotopic (exact) mass is 829 g/mol.